The molecule has 0 aromatic carbocycles. The molecule has 0 saturated carbocycles. The number of hydrogen-bond donors (Lipinski definition) is 1. The lowest BCUT2D eigenvalue weighted by Crippen LogP contribution is -2.29. The van der Waals surface area contributed by atoms with Crippen molar-refractivity contribution in [1.82, 2.24) is 0 Å². The van der Waals surface area contributed by atoms with Gasteiger partial charge >= 0.3 is 0 Å². The van der Waals surface area contributed by atoms with Crippen molar-refractivity contribution in [2.24, 2.45) is 65.5 Å². The average Bonchev–Trinajstić information content (AvgIpc) is 1.79. The Morgan fingerprint density at radius 1 is 0.396 bits per heavy atom. The van der Waals surface area contributed by atoms with Gasteiger partial charge < -0.3 is 52.5 Å². The summed E-state index contributed by atoms with van der Waals surface area (Å²) in [4.78, 5) is 0. The first-order chi connectivity index (χ1) is 43.9. The molecule has 5 saturated heterocycles. The third-order valence-corrected chi connectivity index (χ3v) is 15.4. The molecular formula is C95H214O11. The number of aliphatic hydroxyl groups excluding tert-OH is 1. The van der Waals surface area contributed by atoms with E-state index in [1.165, 1.54) is 83.5 Å². The van der Waals surface area contributed by atoms with Crippen LogP contribution in [0.25, 0.3) is 0 Å². The molecule has 0 spiro atoms. The van der Waals surface area contributed by atoms with Crippen LogP contribution in [0.15, 0.2) is 12.3 Å². The van der Waals surface area contributed by atoms with Gasteiger partial charge in [-0.1, -0.05) is 294 Å². The molecule has 11 nitrogen and oxygen atoms in total. The van der Waals surface area contributed by atoms with Crippen molar-refractivity contribution < 1.29 is 52.5 Å². The van der Waals surface area contributed by atoms with Crippen LogP contribution in [-0.2, 0) is 47.4 Å². The van der Waals surface area contributed by atoms with Gasteiger partial charge in [-0.15, -0.1) is 0 Å². The number of allylic oxidation sites excluding steroid dienone is 1. The van der Waals surface area contributed by atoms with Crippen LogP contribution in [0.1, 0.15) is 424 Å². The molecule has 0 amide bonds. The van der Waals surface area contributed by atoms with Crippen molar-refractivity contribution in [3.05, 3.63) is 12.3 Å². The summed E-state index contributed by atoms with van der Waals surface area (Å²) in [6.45, 7) is 89.7. The van der Waals surface area contributed by atoms with Crippen molar-refractivity contribution >= 4 is 0 Å². The molecule has 5 aliphatic rings. The summed E-state index contributed by atoms with van der Waals surface area (Å²) in [5, 5.41) is 8.89. The maximum Gasteiger partial charge on any atom is 0.158 e. The van der Waals surface area contributed by atoms with Gasteiger partial charge in [0.2, 0.25) is 0 Å². The van der Waals surface area contributed by atoms with Gasteiger partial charge in [0, 0.05) is 73.1 Å². The van der Waals surface area contributed by atoms with Crippen LogP contribution in [0.4, 0.5) is 0 Å². The average molecular weight is 1530 g/mol. The molecule has 660 valence electrons. The van der Waals surface area contributed by atoms with E-state index in [-0.39, 0.29) is 82.8 Å². The van der Waals surface area contributed by atoms with Gasteiger partial charge in [0.1, 0.15) is 0 Å². The SMILES string of the molecule is C.C.C.C.C.C.C.C.C=C(CCC(C)(C)C)OC.CC(C)(C)CC(C)(C)C.CC(C)(C)CC1(C)CCCO1.CC(C)(C)CC1CCCO1.CC(C)(C)CC1OCCO1.CC(C)(C)C[C@@H]1CCCO1.CC(C)(C)C[C@H]1CCCO1.CC(O)CC(C)(C)C.COCC(COC)CC(C)(C)C.COCCC(C)(C)C. The predicted octanol–water partition coefficient (Wildman–Crippen LogP) is 30.3. The Labute approximate surface area is 674 Å². The minimum Gasteiger partial charge on any atom is -0.502 e. The van der Waals surface area contributed by atoms with Crippen molar-refractivity contribution in [2.75, 3.05) is 87.9 Å². The number of rotatable bonds is 16. The van der Waals surface area contributed by atoms with Gasteiger partial charge in [-0.2, -0.15) is 0 Å². The molecular weight excluding hydrogens is 1320 g/mol. The minimum atomic E-state index is -0.157. The fraction of sp³-hybridized carbons (Fsp3) is 0.979. The molecule has 5 atom stereocenters. The zero-order chi connectivity index (χ0) is 77.9. The van der Waals surface area contributed by atoms with E-state index in [1.807, 2.05) is 6.92 Å². The van der Waals surface area contributed by atoms with E-state index in [2.05, 4.69) is 242 Å². The fourth-order valence-corrected chi connectivity index (χ4v) is 12.6. The summed E-state index contributed by atoms with van der Waals surface area (Å²) in [6.07, 6.45) is 24.1. The van der Waals surface area contributed by atoms with E-state index in [0.29, 0.717) is 78.4 Å². The molecule has 0 aromatic heterocycles. The van der Waals surface area contributed by atoms with Crippen LogP contribution >= 0.6 is 0 Å². The highest BCUT2D eigenvalue weighted by Crippen LogP contribution is 2.37. The van der Waals surface area contributed by atoms with E-state index in [4.69, 9.17) is 52.5 Å². The molecule has 0 radical (unpaired) electrons. The zero-order valence-electron chi connectivity index (χ0n) is 74.0. The van der Waals surface area contributed by atoms with Gasteiger partial charge in [0.05, 0.1) is 69.3 Å². The van der Waals surface area contributed by atoms with E-state index in [0.717, 1.165) is 104 Å². The Balaban J connectivity index is -0.0000000819. The van der Waals surface area contributed by atoms with Crippen LogP contribution in [-0.4, -0.2) is 129 Å². The Kier molecular flexibility index (Phi) is 82.9. The molecule has 3 unspecified atom stereocenters. The molecule has 106 heavy (non-hydrogen) atoms. The minimum absolute atomic E-state index is 0. The standard InChI is InChI=1S/C10H22O2.C10H20O.4C9H18O.C9H20.C8H16O2.2C7H16O.8CH4/c1-10(2,3)6-9(7-11-4)8-12-5;1-9(2,3)8-10(4)6-5-7-11-10;3*1-9(2,3)7-8-5-4-6-10-8;1-8(10-5)6-7-9(2,3)4;1-8(2,3)7-9(4,5)6;1-8(2,3)6-7-9-4-5-10-7;1-7(2,3)5-6-8-4;1-6(8)5-7(2,3)4;;;;;;;;/h9H,6-8H2,1-5H3;5-8H2,1-4H3;3*8H,4-7H2,1-3H3;1,6-7H2,2-5H3;7H2,1-6H3;7H,4-6H2,1-3H3;5-6H2,1-4H3;6,8H,5H2,1-4H3;8*1H4/t;;2*8-;;;;;;;;;;;;;;/m..10............../s1. The normalized spacial score (nSPS) is 19.0. The molecule has 5 aliphatic heterocycles. The highest BCUT2D eigenvalue weighted by molar-refractivity contribution is 4.85. The van der Waals surface area contributed by atoms with Crippen LogP contribution in [0, 0.1) is 65.5 Å². The first kappa shape index (κ1) is 134. The Morgan fingerprint density at radius 2 is 0.726 bits per heavy atom. The van der Waals surface area contributed by atoms with Crippen molar-refractivity contribution in [3.63, 3.8) is 0 Å². The number of hydrogen-bond acceptors (Lipinski definition) is 11. The maximum atomic E-state index is 8.89. The molecule has 5 heterocycles. The third kappa shape index (κ3) is 114. The summed E-state index contributed by atoms with van der Waals surface area (Å²) in [5.41, 5.74) is 4.63. The topological polar surface area (TPSA) is 113 Å². The summed E-state index contributed by atoms with van der Waals surface area (Å²) < 4.78 is 53.0. The molecule has 5 fully saturated rings. The van der Waals surface area contributed by atoms with Gasteiger partial charge in [0.25, 0.3) is 0 Å². The van der Waals surface area contributed by atoms with Crippen LogP contribution in [0.5, 0.6) is 0 Å². The molecule has 0 aromatic rings. The van der Waals surface area contributed by atoms with Crippen molar-refractivity contribution in [1.29, 1.82) is 0 Å². The quantitative estimate of drug-likeness (QED) is 0.149. The van der Waals surface area contributed by atoms with Gasteiger partial charge in [0.15, 0.2) is 6.29 Å². The van der Waals surface area contributed by atoms with Gasteiger partial charge in [-0.25, -0.2) is 0 Å². The Bertz CT molecular complexity index is 1670. The first-order valence-electron chi connectivity index (χ1n) is 38.9. The lowest BCUT2D eigenvalue weighted by Gasteiger charge is -2.31. The smallest absolute Gasteiger partial charge is 0.158 e. The highest BCUT2D eigenvalue weighted by atomic mass is 16.7. The summed E-state index contributed by atoms with van der Waals surface area (Å²) in [6, 6.07) is 0. The maximum absolute atomic E-state index is 8.89. The van der Waals surface area contributed by atoms with E-state index in [1.54, 1.807) is 28.4 Å². The Morgan fingerprint density at radius 3 is 0.906 bits per heavy atom. The van der Waals surface area contributed by atoms with Crippen LogP contribution in [0.3, 0.4) is 0 Å². The molecule has 11 heteroatoms. The number of methoxy groups -OCH3 is 4. The van der Waals surface area contributed by atoms with Gasteiger partial charge in [-0.3, -0.25) is 0 Å². The molecule has 0 aliphatic carbocycles. The Hall–Kier alpha value is -0.860. The second-order valence-electron chi connectivity index (χ2n) is 42.8. The van der Waals surface area contributed by atoms with E-state index in [9.17, 15) is 0 Å². The second kappa shape index (κ2) is 65.4. The van der Waals surface area contributed by atoms with Crippen molar-refractivity contribution in [3.8, 4) is 0 Å². The summed E-state index contributed by atoms with van der Waals surface area (Å²) >= 11 is 0. The lowest BCUT2D eigenvalue weighted by molar-refractivity contribution is -0.0654. The fourth-order valence-electron chi connectivity index (χ4n) is 12.6. The monoisotopic (exact) mass is 1530 g/mol. The van der Waals surface area contributed by atoms with Gasteiger partial charge in [-0.05, 0) is 183 Å². The highest BCUT2D eigenvalue weighted by Gasteiger charge is 2.34. The van der Waals surface area contributed by atoms with E-state index < -0.39 is 0 Å². The second-order valence-corrected chi connectivity index (χ2v) is 42.8. The molecule has 1 N–H and O–H groups in total. The lowest BCUT2D eigenvalue weighted by atomic mass is 9.78. The van der Waals surface area contributed by atoms with Crippen molar-refractivity contribution in [2.45, 2.75) is 460 Å². The number of aliphatic hydroxyl groups is 1. The zero-order valence-corrected chi connectivity index (χ0v) is 74.0. The van der Waals surface area contributed by atoms with E-state index >= 15 is 0 Å². The van der Waals surface area contributed by atoms with Crippen LogP contribution < -0.4 is 0 Å². The van der Waals surface area contributed by atoms with Crippen LogP contribution in [0.2, 0.25) is 0 Å². The molecule has 5 rings (SSSR count). The first-order valence-corrected chi connectivity index (χ1v) is 38.9. The predicted molar refractivity (Wildman–Crippen MR) is 482 cm³/mol. The third-order valence-electron chi connectivity index (χ3n) is 15.4. The number of ether oxygens (including phenoxy) is 10. The molecule has 0 bridgehead atoms. The largest absolute Gasteiger partial charge is 0.502 e. The summed E-state index contributed by atoms with van der Waals surface area (Å²) in [7, 11) is 6.90. The summed E-state index contributed by atoms with van der Waals surface area (Å²) in [5.74, 6) is 1.41.